The van der Waals surface area contributed by atoms with Crippen molar-refractivity contribution in [2.45, 2.75) is 118 Å². The lowest BCUT2D eigenvalue weighted by molar-refractivity contribution is 0.0163. The molecule has 2 saturated heterocycles. The number of carbonyl (C=O) groups excluding carboxylic acids is 2. The number of hydrogen-bond donors (Lipinski definition) is 2. The van der Waals surface area contributed by atoms with Crippen molar-refractivity contribution in [1.82, 2.24) is 30.2 Å². The molecule has 8 rings (SSSR count). The largest absolute Gasteiger partial charge is 0.508 e. The van der Waals surface area contributed by atoms with E-state index in [-0.39, 0.29) is 40.8 Å². The van der Waals surface area contributed by atoms with Crippen LogP contribution in [0.3, 0.4) is 0 Å². The monoisotopic (exact) mass is 908 g/mol. The number of nitrogens with zero attached hydrogens (tertiary/aromatic N) is 6. The van der Waals surface area contributed by atoms with E-state index in [2.05, 4.69) is 20.4 Å². The second kappa shape index (κ2) is 21.3. The average molecular weight is 909 g/mol. The number of likely N-dealkylation sites (tertiary alicyclic amines) is 2. The Labute approximate surface area is 380 Å². The highest BCUT2D eigenvalue weighted by Gasteiger charge is 2.45. The maximum Gasteiger partial charge on any atom is 0.410 e. The van der Waals surface area contributed by atoms with Gasteiger partial charge in [0.2, 0.25) is 11.8 Å². The second-order valence-electron chi connectivity index (χ2n) is 19.6. The molecule has 2 N–H and O–H groups in total. The van der Waals surface area contributed by atoms with Gasteiger partial charge in [-0.1, -0.05) is 0 Å². The molecule has 2 aromatic carbocycles. The maximum absolute atomic E-state index is 14.4. The fourth-order valence-corrected chi connectivity index (χ4v) is 8.78. The summed E-state index contributed by atoms with van der Waals surface area (Å²) in [5.41, 5.74) is -0.400. The van der Waals surface area contributed by atoms with E-state index in [1.165, 1.54) is 31.0 Å². The number of benzene rings is 2. The Morgan fingerprint density at radius 1 is 0.692 bits per heavy atom. The molecule has 4 heterocycles. The molecule has 2 amide bonds. The van der Waals surface area contributed by atoms with Gasteiger partial charge in [-0.25, -0.2) is 18.4 Å². The number of piperidine rings is 2. The van der Waals surface area contributed by atoms with Gasteiger partial charge >= 0.3 is 12.2 Å². The molecule has 0 bridgehead atoms. The van der Waals surface area contributed by atoms with Crippen molar-refractivity contribution in [2.75, 3.05) is 39.4 Å². The molecule has 2 aromatic heterocycles. The standard InChI is InChI=1S/C24H32FN3O4.C15H27NO3.C9H7FN2O2/c1-15-26-27-22(31-15)19-6-5-18(14-21(19)25)30-12-9-17-13-20(17)16-7-10-28(11-8-16)23(29)32-24(2,3)4;1-15(2,3)19-14(18)16-7-4-11(5-8-16)13-10-12(13)6-9-17;1-5-11-12-9(14-5)7-3-2-6(13)4-8(7)10/h5-6,14,16-17,20H,7-13H2,1-4H3;11-13,17H,4-10H2,1-3H3;2-4,13H,1H3. The summed E-state index contributed by atoms with van der Waals surface area (Å²) in [4.78, 5) is 27.8. The number of aromatic hydroxyl groups is 1. The predicted molar refractivity (Wildman–Crippen MR) is 237 cm³/mol. The molecule has 4 atom stereocenters. The number of phenols is 1. The summed E-state index contributed by atoms with van der Waals surface area (Å²) < 4.78 is 54.6. The van der Waals surface area contributed by atoms with Crippen LogP contribution in [-0.4, -0.2) is 103 Å². The minimum absolute atomic E-state index is 0.111. The van der Waals surface area contributed by atoms with Crippen LogP contribution in [-0.2, 0) is 9.47 Å². The van der Waals surface area contributed by atoms with Crippen LogP contribution < -0.4 is 4.74 Å². The van der Waals surface area contributed by atoms with E-state index in [9.17, 15) is 18.4 Å². The van der Waals surface area contributed by atoms with E-state index in [1.807, 2.05) is 51.3 Å². The minimum atomic E-state index is -0.589. The number of rotatable bonds is 10. The zero-order chi connectivity index (χ0) is 47.1. The molecule has 356 valence electrons. The number of aliphatic hydroxyl groups excluding tert-OH is 1. The summed E-state index contributed by atoms with van der Waals surface area (Å²) in [6.45, 7) is 18.7. The van der Waals surface area contributed by atoms with E-state index in [4.69, 9.17) is 33.3 Å². The molecule has 4 aromatic rings. The highest BCUT2D eigenvalue weighted by atomic mass is 19.1. The summed E-state index contributed by atoms with van der Waals surface area (Å²) in [7, 11) is 0. The number of phenolic OH excluding ortho intramolecular Hbond substituents is 1. The van der Waals surface area contributed by atoms with Crippen molar-refractivity contribution in [3.05, 3.63) is 59.8 Å². The van der Waals surface area contributed by atoms with Crippen LogP contribution in [0.1, 0.15) is 105 Å². The smallest absolute Gasteiger partial charge is 0.410 e. The number of halogens is 2. The molecule has 4 fully saturated rings. The summed E-state index contributed by atoms with van der Waals surface area (Å²) in [5.74, 6) is 4.69. The zero-order valence-electron chi connectivity index (χ0n) is 39.0. The van der Waals surface area contributed by atoms with Gasteiger partial charge in [0.15, 0.2) is 0 Å². The van der Waals surface area contributed by atoms with Crippen molar-refractivity contribution >= 4 is 12.2 Å². The third kappa shape index (κ3) is 14.6. The number of aryl methyl sites for hydroxylation is 2. The van der Waals surface area contributed by atoms with Crippen LogP contribution in [0.15, 0.2) is 45.2 Å². The molecule has 15 nitrogen and oxygen atoms in total. The Morgan fingerprint density at radius 2 is 1.14 bits per heavy atom. The highest BCUT2D eigenvalue weighted by molar-refractivity contribution is 5.68. The third-order valence-corrected chi connectivity index (χ3v) is 12.2. The summed E-state index contributed by atoms with van der Waals surface area (Å²) >= 11 is 0. The van der Waals surface area contributed by atoms with Crippen molar-refractivity contribution in [3.8, 4) is 34.4 Å². The topological polar surface area (TPSA) is 187 Å². The van der Waals surface area contributed by atoms with Gasteiger partial charge in [-0.05, 0) is 153 Å². The van der Waals surface area contributed by atoms with Crippen molar-refractivity contribution in [2.24, 2.45) is 35.5 Å². The Kier molecular flexibility index (Phi) is 16.1. The predicted octanol–water partition coefficient (Wildman–Crippen LogP) is 9.78. The fourth-order valence-electron chi connectivity index (χ4n) is 8.78. The van der Waals surface area contributed by atoms with Crippen molar-refractivity contribution in [1.29, 1.82) is 0 Å². The zero-order valence-corrected chi connectivity index (χ0v) is 39.0. The van der Waals surface area contributed by atoms with Crippen molar-refractivity contribution < 1.29 is 51.6 Å². The highest BCUT2D eigenvalue weighted by Crippen LogP contribution is 2.50. The van der Waals surface area contributed by atoms with Gasteiger partial charge in [0.25, 0.3) is 11.8 Å². The third-order valence-electron chi connectivity index (χ3n) is 12.2. The average Bonchev–Trinajstić information content (AvgIpc) is 4.10. The van der Waals surface area contributed by atoms with Crippen LogP contribution in [0.4, 0.5) is 18.4 Å². The van der Waals surface area contributed by atoms with Crippen LogP contribution in [0, 0.1) is 61.0 Å². The molecule has 0 spiro atoms. The lowest BCUT2D eigenvalue weighted by Crippen LogP contribution is -2.42. The summed E-state index contributed by atoms with van der Waals surface area (Å²) in [5, 5.41) is 32.8. The molecular formula is C48H66F2N6O9. The Hall–Kier alpha value is -5.32. The first-order valence-corrected chi connectivity index (χ1v) is 22.9. The molecule has 65 heavy (non-hydrogen) atoms. The van der Waals surface area contributed by atoms with E-state index < -0.39 is 22.8 Å². The van der Waals surface area contributed by atoms with E-state index >= 15 is 0 Å². The van der Waals surface area contributed by atoms with Crippen LogP contribution in [0.25, 0.3) is 22.9 Å². The first kappa shape index (κ1) is 49.1. The second-order valence-corrected chi connectivity index (χ2v) is 19.6. The number of ether oxygens (including phenoxy) is 3. The van der Waals surface area contributed by atoms with Gasteiger partial charge in [0.05, 0.1) is 17.7 Å². The number of hydrogen-bond acceptors (Lipinski definition) is 13. The van der Waals surface area contributed by atoms with Gasteiger partial charge < -0.3 is 43.1 Å². The SMILES string of the molecule is CC(C)(C)OC(=O)N1CCC(C2CC2CCO)CC1.Cc1nnc(-c2ccc(O)cc2F)o1.Cc1nnc(-c2ccc(OCCC3CC3C3CCN(C(=O)OC(C)(C)C)CC3)cc2F)o1. The summed E-state index contributed by atoms with van der Waals surface area (Å²) in [6.07, 6.45) is 8.27. The molecule has 4 unspecified atom stereocenters. The normalized spacial score (nSPS) is 21.1. The Balaban J connectivity index is 0.000000179. The number of amides is 2. The molecule has 2 aliphatic carbocycles. The Bertz CT molecular complexity index is 2190. The lowest BCUT2D eigenvalue weighted by Gasteiger charge is -2.33. The van der Waals surface area contributed by atoms with Gasteiger partial charge in [0, 0.05) is 58.8 Å². The lowest BCUT2D eigenvalue weighted by atomic mass is 9.90. The van der Waals surface area contributed by atoms with E-state index in [0.29, 0.717) is 48.5 Å². The van der Waals surface area contributed by atoms with Gasteiger partial charge in [-0.2, -0.15) is 0 Å². The van der Waals surface area contributed by atoms with Gasteiger partial charge in [-0.3, -0.25) is 0 Å². The quantitative estimate of drug-likeness (QED) is 0.153. The van der Waals surface area contributed by atoms with Crippen LogP contribution >= 0.6 is 0 Å². The molecule has 17 heteroatoms. The number of aromatic nitrogens is 4. The molecular weight excluding hydrogens is 843 g/mol. The molecule has 2 saturated carbocycles. The van der Waals surface area contributed by atoms with Crippen molar-refractivity contribution in [3.63, 3.8) is 0 Å². The van der Waals surface area contributed by atoms with Gasteiger partial charge in [0.1, 0.15) is 34.3 Å². The molecule has 0 radical (unpaired) electrons. The maximum atomic E-state index is 14.4. The number of aliphatic hydroxyl groups is 1. The fraction of sp³-hybridized carbons (Fsp3) is 0.625. The van der Waals surface area contributed by atoms with E-state index in [1.54, 1.807) is 26.0 Å². The van der Waals surface area contributed by atoms with Crippen LogP contribution in [0.5, 0.6) is 11.5 Å². The summed E-state index contributed by atoms with van der Waals surface area (Å²) in [6, 6.07) is 8.45. The molecule has 2 aliphatic heterocycles. The van der Waals surface area contributed by atoms with Crippen LogP contribution in [0.2, 0.25) is 0 Å². The van der Waals surface area contributed by atoms with E-state index in [0.717, 1.165) is 88.5 Å². The minimum Gasteiger partial charge on any atom is -0.508 e. The van der Waals surface area contributed by atoms with Gasteiger partial charge in [-0.15, -0.1) is 20.4 Å². The number of carbonyl (C=O) groups is 2. The first-order chi connectivity index (χ1) is 30.8. The molecule has 4 aliphatic rings. The Morgan fingerprint density at radius 3 is 1.54 bits per heavy atom. The first-order valence-electron chi connectivity index (χ1n) is 22.9.